The van der Waals surface area contributed by atoms with E-state index in [2.05, 4.69) is 20.8 Å². The third-order valence-corrected chi connectivity index (χ3v) is 4.51. The average Bonchev–Trinajstić information content (AvgIpc) is 2.17. The molecule has 1 saturated carbocycles. The van der Waals surface area contributed by atoms with Gasteiger partial charge in [-0.3, -0.25) is 0 Å². The third kappa shape index (κ3) is 1.95. The molecule has 1 rings (SSSR count). The van der Waals surface area contributed by atoms with Crippen molar-refractivity contribution in [1.29, 1.82) is 0 Å². The molecular formula is C12H23B. The number of rotatable bonds is 3. The summed E-state index contributed by atoms with van der Waals surface area (Å²) < 4.78 is 0. The second-order valence-electron chi connectivity index (χ2n) is 4.98. The van der Waals surface area contributed by atoms with Crippen LogP contribution in [0.25, 0.3) is 0 Å². The van der Waals surface area contributed by atoms with Crippen molar-refractivity contribution in [3.63, 3.8) is 0 Å². The molecule has 0 atom stereocenters. The van der Waals surface area contributed by atoms with Crippen LogP contribution < -0.4 is 0 Å². The topological polar surface area (TPSA) is 0 Å². The summed E-state index contributed by atoms with van der Waals surface area (Å²) in [7, 11) is 6.56. The van der Waals surface area contributed by atoms with E-state index in [1.165, 1.54) is 44.9 Å². The van der Waals surface area contributed by atoms with Crippen molar-refractivity contribution < 1.29 is 0 Å². The molecule has 0 aromatic heterocycles. The first-order valence-corrected chi connectivity index (χ1v) is 5.87. The zero-order valence-electron chi connectivity index (χ0n) is 9.53. The summed E-state index contributed by atoms with van der Waals surface area (Å²) in [5.41, 5.74) is 0.368. The molecule has 0 amide bonds. The van der Waals surface area contributed by atoms with Gasteiger partial charge in [-0.1, -0.05) is 71.0 Å². The molecule has 0 nitrogen and oxygen atoms in total. The predicted molar refractivity (Wildman–Crippen MR) is 60.2 cm³/mol. The van der Waals surface area contributed by atoms with Crippen molar-refractivity contribution in [3.05, 3.63) is 0 Å². The Morgan fingerprint density at radius 1 is 1.08 bits per heavy atom. The van der Waals surface area contributed by atoms with Crippen molar-refractivity contribution >= 4 is 7.85 Å². The Morgan fingerprint density at radius 3 is 1.92 bits per heavy atom. The van der Waals surface area contributed by atoms with Crippen LogP contribution in [0.1, 0.15) is 65.7 Å². The van der Waals surface area contributed by atoms with Crippen LogP contribution in [0.4, 0.5) is 0 Å². The first-order chi connectivity index (χ1) is 6.08. The van der Waals surface area contributed by atoms with E-state index >= 15 is 0 Å². The fourth-order valence-electron chi connectivity index (χ4n) is 2.74. The standard InChI is InChI=1S/C12H23B/c1-4-11(3,5-2)12(13)9-7-6-8-10-12/h4-10H2,1-3H3. The minimum atomic E-state index is 0.134. The molecular weight excluding hydrogens is 155 g/mol. The summed E-state index contributed by atoms with van der Waals surface area (Å²) in [6.45, 7) is 6.94. The Kier molecular flexibility index (Phi) is 3.48. The average molecular weight is 178 g/mol. The van der Waals surface area contributed by atoms with Gasteiger partial charge in [-0.2, -0.15) is 0 Å². The normalized spacial score (nSPS) is 23.0. The maximum atomic E-state index is 6.56. The van der Waals surface area contributed by atoms with Crippen LogP contribution in [0.5, 0.6) is 0 Å². The van der Waals surface area contributed by atoms with Gasteiger partial charge in [0.25, 0.3) is 0 Å². The number of hydrogen-bond donors (Lipinski definition) is 0. The van der Waals surface area contributed by atoms with Crippen LogP contribution in [-0.2, 0) is 0 Å². The second kappa shape index (κ2) is 4.06. The minimum absolute atomic E-state index is 0.134. The van der Waals surface area contributed by atoms with Gasteiger partial charge in [0.1, 0.15) is 0 Å². The SMILES string of the molecule is [B]C1(C(C)(CC)CC)CCCCC1. The van der Waals surface area contributed by atoms with E-state index in [9.17, 15) is 0 Å². The van der Waals surface area contributed by atoms with E-state index in [0.717, 1.165) is 0 Å². The van der Waals surface area contributed by atoms with Crippen molar-refractivity contribution in [3.8, 4) is 0 Å². The van der Waals surface area contributed by atoms with Gasteiger partial charge in [-0.05, 0) is 5.41 Å². The molecule has 0 aromatic rings. The summed E-state index contributed by atoms with van der Waals surface area (Å²) >= 11 is 0. The predicted octanol–water partition coefficient (Wildman–Crippen LogP) is 4.10. The van der Waals surface area contributed by atoms with E-state index < -0.39 is 0 Å². The fourth-order valence-corrected chi connectivity index (χ4v) is 2.74. The van der Waals surface area contributed by atoms with E-state index in [1.54, 1.807) is 0 Å². The number of hydrogen-bond acceptors (Lipinski definition) is 0. The largest absolute Gasteiger partial charge is 0.0753 e. The van der Waals surface area contributed by atoms with E-state index in [1.807, 2.05) is 0 Å². The maximum Gasteiger partial charge on any atom is 0.0753 e. The Morgan fingerprint density at radius 2 is 1.54 bits per heavy atom. The van der Waals surface area contributed by atoms with Crippen LogP contribution in [0, 0.1) is 5.41 Å². The molecule has 1 heteroatoms. The Labute approximate surface area is 84.9 Å². The Bertz CT molecular complexity index is 153. The van der Waals surface area contributed by atoms with Crippen LogP contribution in [0.3, 0.4) is 0 Å². The van der Waals surface area contributed by atoms with Gasteiger partial charge >= 0.3 is 0 Å². The van der Waals surface area contributed by atoms with Gasteiger partial charge in [0.2, 0.25) is 0 Å². The first kappa shape index (κ1) is 11.1. The summed E-state index contributed by atoms with van der Waals surface area (Å²) in [6.07, 6.45) is 9.00. The van der Waals surface area contributed by atoms with Crippen LogP contribution in [0.15, 0.2) is 0 Å². The molecule has 0 unspecified atom stereocenters. The lowest BCUT2D eigenvalue weighted by Gasteiger charge is -2.49. The quantitative estimate of drug-likeness (QED) is 0.570. The maximum absolute atomic E-state index is 6.56. The van der Waals surface area contributed by atoms with E-state index in [4.69, 9.17) is 7.85 Å². The summed E-state index contributed by atoms with van der Waals surface area (Å²) in [4.78, 5) is 0. The lowest BCUT2D eigenvalue weighted by Crippen LogP contribution is -2.35. The monoisotopic (exact) mass is 178 g/mol. The van der Waals surface area contributed by atoms with Crippen LogP contribution in [-0.4, -0.2) is 7.85 Å². The highest BCUT2D eigenvalue weighted by Crippen LogP contribution is 2.56. The fraction of sp³-hybridized carbons (Fsp3) is 1.00. The lowest BCUT2D eigenvalue weighted by molar-refractivity contribution is 0.143. The Balaban J connectivity index is 2.74. The molecule has 2 radical (unpaired) electrons. The third-order valence-electron chi connectivity index (χ3n) is 4.51. The van der Waals surface area contributed by atoms with Crippen molar-refractivity contribution in [2.75, 3.05) is 0 Å². The zero-order chi connectivity index (χ0) is 9.95. The molecule has 0 aromatic carbocycles. The van der Waals surface area contributed by atoms with Crippen molar-refractivity contribution in [2.24, 2.45) is 5.41 Å². The lowest BCUT2D eigenvalue weighted by atomic mass is 9.46. The molecule has 0 N–H and O–H groups in total. The molecule has 74 valence electrons. The Hall–Kier alpha value is 0.0649. The van der Waals surface area contributed by atoms with Gasteiger partial charge in [0.15, 0.2) is 0 Å². The minimum Gasteiger partial charge on any atom is -0.0649 e. The zero-order valence-corrected chi connectivity index (χ0v) is 9.53. The smallest absolute Gasteiger partial charge is 0.0649 e. The molecule has 0 aliphatic heterocycles. The van der Waals surface area contributed by atoms with Gasteiger partial charge in [-0.15, -0.1) is 0 Å². The molecule has 0 saturated heterocycles. The molecule has 0 heterocycles. The van der Waals surface area contributed by atoms with Gasteiger partial charge in [0, 0.05) is 0 Å². The van der Waals surface area contributed by atoms with Gasteiger partial charge < -0.3 is 0 Å². The summed E-state index contributed by atoms with van der Waals surface area (Å²) in [6, 6.07) is 0. The molecule has 0 spiro atoms. The summed E-state index contributed by atoms with van der Waals surface area (Å²) in [5, 5.41) is 0.134. The second-order valence-corrected chi connectivity index (χ2v) is 4.98. The van der Waals surface area contributed by atoms with Crippen molar-refractivity contribution in [1.82, 2.24) is 0 Å². The van der Waals surface area contributed by atoms with Gasteiger partial charge in [0.05, 0.1) is 7.85 Å². The summed E-state index contributed by atoms with van der Waals surface area (Å²) in [5.74, 6) is 0. The van der Waals surface area contributed by atoms with Crippen LogP contribution >= 0.6 is 0 Å². The first-order valence-electron chi connectivity index (χ1n) is 5.87. The molecule has 1 fully saturated rings. The molecule has 0 bridgehead atoms. The van der Waals surface area contributed by atoms with E-state index in [-0.39, 0.29) is 5.31 Å². The highest BCUT2D eigenvalue weighted by atomic mass is 14.4. The molecule has 13 heavy (non-hydrogen) atoms. The van der Waals surface area contributed by atoms with Crippen LogP contribution in [0.2, 0.25) is 5.31 Å². The molecule has 1 aliphatic carbocycles. The highest BCUT2D eigenvalue weighted by molar-refractivity contribution is 6.15. The molecule has 1 aliphatic rings. The van der Waals surface area contributed by atoms with Gasteiger partial charge in [-0.25, -0.2) is 0 Å². The highest BCUT2D eigenvalue weighted by Gasteiger charge is 2.41. The van der Waals surface area contributed by atoms with E-state index in [0.29, 0.717) is 5.41 Å². The van der Waals surface area contributed by atoms with Crippen molar-refractivity contribution in [2.45, 2.75) is 71.0 Å².